The molecule has 9 heavy (non-hydrogen) atoms. The van der Waals surface area contributed by atoms with Crippen molar-refractivity contribution in [1.29, 1.82) is 0 Å². The van der Waals surface area contributed by atoms with Crippen LogP contribution in [0.4, 0.5) is 4.79 Å². The number of rotatable bonds is 0. The minimum atomic E-state index is -0.824. The standard InChI is InChI=1S/C6H10NO2/c8-6(9)7-4-2-1-3-5-7/h4H,1-3,5H2,(H,8,9). The topological polar surface area (TPSA) is 40.5 Å². The second-order valence-electron chi connectivity index (χ2n) is 2.15. The number of hydrogen-bond donors (Lipinski definition) is 1. The highest BCUT2D eigenvalue weighted by Crippen LogP contribution is 2.11. The van der Waals surface area contributed by atoms with Crippen LogP contribution in [0.5, 0.6) is 0 Å². The quantitative estimate of drug-likeness (QED) is 0.534. The molecule has 0 aliphatic carbocycles. The van der Waals surface area contributed by atoms with Gasteiger partial charge in [-0.05, 0) is 19.3 Å². The molecule has 1 rings (SSSR count). The Morgan fingerprint density at radius 2 is 2.33 bits per heavy atom. The maximum atomic E-state index is 10.2. The van der Waals surface area contributed by atoms with E-state index in [1.807, 2.05) is 0 Å². The number of amides is 1. The summed E-state index contributed by atoms with van der Waals surface area (Å²) in [5.74, 6) is 0. The molecule has 0 unspecified atom stereocenters. The highest BCUT2D eigenvalue weighted by atomic mass is 16.4. The molecule has 0 saturated carbocycles. The van der Waals surface area contributed by atoms with E-state index in [1.54, 1.807) is 6.54 Å². The minimum absolute atomic E-state index is 0.676. The molecule has 1 amide bonds. The lowest BCUT2D eigenvalue weighted by atomic mass is 10.1. The summed E-state index contributed by atoms with van der Waals surface area (Å²) in [6.45, 7) is 2.42. The Balaban J connectivity index is 2.31. The van der Waals surface area contributed by atoms with Gasteiger partial charge < -0.3 is 10.0 Å². The molecule has 1 radical (unpaired) electrons. The van der Waals surface area contributed by atoms with Crippen molar-refractivity contribution in [3.8, 4) is 0 Å². The molecule has 1 N–H and O–H groups in total. The molecule has 1 fully saturated rings. The molecule has 0 aromatic rings. The first-order valence-electron chi connectivity index (χ1n) is 3.13. The van der Waals surface area contributed by atoms with Crippen molar-refractivity contribution in [2.75, 3.05) is 6.54 Å². The van der Waals surface area contributed by atoms with Gasteiger partial charge in [-0.1, -0.05) is 0 Å². The predicted molar refractivity (Wildman–Crippen MR) is 32.9 cm³/mol. The molecule has 0 atom stereocenters. The zero-order valence-electron chi connectivity index (χ0n) is 5.21. The minimum Gasteiger partial charge on any atom is -0.465 e. The third-order valence-corrected chi connectivity index (χ3v) is 1.45. The van der Waals surface area contributed by atoms with E-state index in [9.17, 15) is 4.79 Å². The number of likely N-dealkylation sites (tertiary alicyclic amines) is 1. The lowest BCUT2D eigenvalue weighted by Gasteiger charge is -2.22. The molecule has 0 spiro atoms. The van der Waals surface area contributed by atoms with Gasteiger partial charge in [0.2, 0.25) is 0 Å². The van der Waals surface area contributed by atoms with Crippen LogP contribution in [0.25, 0.3) is 0 Å². The maximum absolute atomic E-state index is 10.2. The summed E-state index contributed by atoms with van der Waals surface area (Å²) in [4.78, 5) is 11.6. The lowest BCUT2D eigenvalue weighted by Crippen LogP contribution is -2.30. The van der Waals surface area contributed by atoms with Gasteiger partial charge in [0.15, 0.2) is 0 Å². The van der Waals surface area contributed by atoms with Gasteiger partial charge >= 0.3 is 6.09 Å². The third kappa shape index (κ3) is 1.59. The summed E-state index contributed by atoms with van der Waals surface area (Å²) < 4.78 is 0. The smallest absolute Gasteiger partial charge is 0.407 e. The Bertz CT molecular complexity index is 108. The van der Waals surface area contributed by atoms with Crippen LogP contribution in [0.15, 0.2) is 0 Å². The maximum Gasteiger partial charge on any atom is 0.407 e. The fourth-order valence-electron chi connectivity index (χ4n) is 0.939. The second-order valence-corrected chi connectivity index (χ2v) is 2.15. The zero-order chi connectivity index (χ0) is 6.69. The van der Waals surface area contributed by atoms with E-state index in [0.29, 0.717) is 6.54 Å². The van der Waals surface area contributed by atoms with Crippen LogP contribution in [-0.2, 0) is 0 Å². The van der Waals surface area contributed by atoms with E-state index >= 15 is 0 Å². The Morgan fingerprint density at radius 3 is 2.67 bits per heavy atom. The normalized spacial score (nSPS) is 19.8. The van der Waals surface area contributed by atoms with Gasteiger partial charge in [-0.15, -0.1) is 0 Å². The molecule has 51 valence electrons. The van der Waals surface area contributed by atoms with E-state index in [0.717, 1.165) is 19.3 Å². The Labute approximate surface area is 54.3 Å². The van der Waals surface area contributed by atoms with Crippen LogP contribution in [0.3, 0.4) is 0 Å². The summed E-state index contributed by atoms with van der Waals surface area (Å²) in [5.41, 5.74) is 0. The number of piperidine rings is 1. The summed E-state index contributed by atoms with van der Waals surface area (Å²) in [6, 6.07) is 0. The molecule has 1 aliphatic heterocycles. The number of carbonyl (C=O) groups is 1. The molecule has 0 aromatic heterocycles. The van der Waals surface area contributed by atoms with Gasteiger partial charge in [0.1, 0.15) is 0 Å². The van der Waals surface area contributed by atoms with Crippen molar-refractivity contribution in [3.05, 3.63) is 6.54 Å². The van der Waals surface area contributed by atoms with E-state index in [-0.39, 0.29) is 0 Å². The summed E-state index contributed by atoms with van der Waals surface area (Å²) in [7, 11) is 0. The Kier molecular flexibility index (Phi) is 1.92. The highest BCUT2D eigenvalue weighted by molar-refractivity contribution is 5.65. The van der Waals surface area contributed by atoms with Crippen LogP contribution in [0.2, 0.25) is 0 Å². The van der Waals surface area contributed by atoms with Crippen molar-refractivity contribution in [2.45, 2.75) is 19.3 Å². The molecule has 0 aromatic carbocycles. The third-order valence-electron chi connectivity index (χ3n) is 1.45. The average molecular weight is 128 g/mol. The van der Waals surface area contributed by atoms with E-state index in [2.05, 4.69) is 0 Å². The fraction of sp³-hybridized carbons (Fsp3) is 0.667. The lowest BCUT2D eigenvalue weighted by molar-refractivity contribution is 0.149. The zero-order valence-corrected chi connectivity index (χ0v) is 5.21. The van der Waals surface area contributed by atoms with Crippen molar-refractivity contribution >= 4 is 6.09 Å². The number of nitrogens with zero attached hydrogens (tertiary/aromatic N) is 1. The van der Waals surface area contributed by atoms with Gasteiger partial charge in [-0.2, -0.15) is 0 Å². The van der Waals surface area contributed by atoms with Crippen LogP contribution in [-0.4, -0.2) is 22.6 Å². The predicted octanol–water partition coefficient (Wildman–Crippen LogP) is 1.31. The first-order valence-corrected chi connectivity index (χ1v) is 3.13. The first kappa shape index (κ1) is 6.39. The molecule has 0 bridgehead atoms. The molecular formula is C6H10NO2. The average Bonchev–Trinajstić information content (AvgIpc) is 1.90. The van der Waals surface area contributed by atoms with E-state index in [1.165, 1.54) is 4.90 Å². The summed E-state index contributed by atoms with van der Waals surface area (Å²) in [6.07, 6.45) is 2.22. The van der Waals surface area contributed by atoms with Gasteiger partial charge in [0.25, 0.3) is 0 Å². The molecule has 3 nitrogen and oxygen atoms in total. The first-order chi connectivity index (χ1) is 4.30. The van der Waals surface area contributed by atoms with Gasteiger partial charge in [-0.3, -0.25) is 0 Å². The molecule has 1 saturated heterocycles. The van der Waals surface area contributed by atoms with Crippen LogP contribution < -0.4 is 0 Å². The van der Waals surface area contributed by atoms with Crippen molar-refractivity contribution in [3.63, 3.8) is 0 Å². The van der Waals surface area contributed by atoms with E-state index < -0.39 is 6.09 Å². The van der Waals surface area contributed by atoms with Crippen LogP contribution in [0.1, 0.15) is 19.3 Å². The van der Waals surface area contributed by atoms with Crippen LogP contribution >= 0.6 is 0 Å². The molecule has 3 heteroatoms. The fourth-order valence-corrected chi connectivity index (χ4v) is 0.939. The van der Waals surface area contributed by atoms with Gasteiger partial charge in [0, 0.05) is 6.54 Å². The molecular weight excluding hydrogens is 118 g/mol. The van der Waals surface area contributed by atoms with E-state index in [4.69, 9.17) is 5.11 Å². The summed E-state index contributed by atoms with van der Waals surface area (Å²) in [5, 5.41) is 8.43. The second kappa shape index (κ2) is 2.71. The Morgan fingerprint density at radius 1 is 1.56 bits per heavy atom. The van der Waals surface area contributed by atoms with Crippen molar-refractivity contribution in [2.24, 2.45) is 0 Å². The summed E-state index contributed by atoms with van der Waals surface area (Å²) >= 11 is 0. The van der Waals surface area contributed by atoms with Crippen molar-refractivity contribution < 1.29 is 9.90 Å². The largest absolute Gasteiger partial charge is 0.465 e. The number of hydrogen-bond acceptors (Lipinski definition) is 1. The number of carboxylic acid groups (broad SMARTS) is 1. The van der Waals surface area contributed by atoms with Gasteiger partial charge in [0.05, 0.1) is 6.54 Å². The Hall–Kier alpha value is -0.730. The molecule has 1 aliphatic rings. The molecule has 1 heterocycles. The highest BCUT2D eigenvalue weighted by Gasteiger charge is 2.14. The van der Waals surface area contributed by atoms with Crippen molar-refractivity contribution in [1.82, 2.24) is 4.90 Å². The monoisotopic (exact) mass is 128 g/mol. The SMILES string of the molecule is O=C(O)N1[CH]CCCC1. The van der Waals surface area contributed by atoms with Gasteiger partial charge in [-0.25, -0.2) is 4.79 Å². The van der Waals surface area contributed by atoms with Crippen LogP contribution in [0, 0.1) is 6.54 Å².